The van der Waals surface area contributed by atoms with Gasteiger partial charge in [0, 0.05) is 30.6 Å². The van der Waals surface area contributed by atoms with Crippen LogP contribution in [0.25, 0.3) is 11.0 Å². The van der Waals surface area contributed by atoms with Crippen molar-refractivity contribution in [3.05, 3.63) is 48.3 Å². The van der Waals surface area contributed by atoms with E-state index in [1.165, 1.54) is 18.2 Å². The second-order valence-corrected chi connectivity index (χ2v) is 10.4. The van der Waals surface area contributed by atoms with E-state index in [-0.39, 0.29) is 28.0 Å². The van der Waals surface area contributed by atoms with E-state index in [0.29, 0.717) is 23.4 Å². The Kier molecular flexibility index (Phi) is 5.70. The molecule has 5 nitrogen and oxygen atoms in total. The molecule has 162 valence electrons. The van der Waals surface area contributed by atoms with Gasteiger partial charge in [-0.3, -0.25) is 0 Å². The van der Waals surface area contributed by atoms with Crippen molar-refractivity contribution >= 4 is 20.9 Å². The fraction of sp³-hybridized carbons (Fsp3) is 0.429. The van der Waals surface area contributed by atoms with E-state index in [2.05, 4.69) is 9.97 Å². The molecule has 0 N–H and O–H groups in total. The van der Waals surface area contributed by atoms with E-state index >= 15 is 0 Å². The summed E-state index contributed by atoms with van der Waals surface area (Å²) in [4.78, 5) is 7.77. The third kappa shape index (κ3) is 4.66. The van der Waals surface area contributed by atoms with Gasteiger partial charge in [-0.25, -0.2) is 27.2 Å². The first-order chi connectivity index (χ1) is 13.8. The van der Waals surface area contributed by atoms with Crippen molar-refractivity contribution < 1.29 is 21.6 Å². The molecule has 0 fully saturated rings. The fourth-order valence-electron chi connectivity index (χ4n) is 3.31. The molecule has 0 atom stereocenters. The second-order valence-electron chi connectivity index (χ2n) is 8.48. The zero-order chi connectivity index (χ0) is 22.3. The standard InChI is InChI=1S/C21H24F3N3O2S/c1-20(2,3)19-26-16-12-14(30(28,29)15-8-10-25-18(22)13-15)6-7-17(16)27(19)11-5-9-21(4,23)24/h6-8,10,12-13H,5,9,11H2,1-4H3. The Hall–Kier alpha value is -2.42. The number of benzene rings is 1. The molecule has 0 saturated heterocycles. The third-order valence-corrected chi connectivity index (χ3v) is 6.46. The molecular weight excluding hydrogens is 415 g/mol. The Balaban J connectivity index is 2.07. The lowest BCUT2D eigenvalue weighted by Crippen LogP contribution is -2.20. The second kappa shape index (κ2) is 7.68. The van der Waals surface area contributed by atoms with Gasteiger partial charge in [0.15, 0.2) is 0 Å². The number of sulfone groups is 1. The number of halogens is 3. The quantitative estimate of drug-likeness (QED) is 0.499. The van der Waals surface area contributed by atoms with E-state index in [9.17, 15) is 21.6 Å². The molecule has 30 heavy (non-hydrogen) atoms. The van der Waals surface area contributed by atoms with Crippen LogP contribution in [0.15, 0.2) is 46.3 Å². The largest absolute Gasteiger partial charge is 0.328 e. The first-order valence-electron chi connectivity index (χ1n) is 9.54. The van der Waals surface area contributed by atoms with Gasteiger partial charge in [-0.1, -0.05) is 20.8 Å². The van der Waals surface area contributed by atoms with E-state index in [0.717, 1.165) is 19.2 Å². The lowest BCUT2D eigenvalue weighted by atomic mass is 9.95. The summed E-state index contributed by atoms with van der Waals surface area (Å²) in [5, 5.41) is 0. The van der Waals surface area contributed by atoms with Crippen molar-refractivity contribution in [2.24, 2.45) is 0 Å². The minimum Gasteiger partial charge on any atom is -0.328 e. The zero-order valence-electron chi connectivity index (χ0n) is 17.3. The predicted octanol–water partition coefficient (Wildman–Crippen LogP) is 5.14. The normalized spacial score (nSPS) is 13.2. The molecule has 0 aliphatic rings. The number of imidazole rings is 1. The molecule has 0 aliphatic heterocycles. The first-order valence-corrected chi connectivity index (χ1v) is 11.0. The lowest BCUT2D eigenvalue weighted by molar-refractivity contribution is 0.00990. The van der Waals surface area contributed by atoms with Crippen molar-refractivity contribution in [3.8, 4) is 0 Å². The molecule has 0 radical (unpaired) electrons. The molecule has 2 heterocycles. The van der Waals surface area contributed by atoms with Crippen LogP contribution in [0.1, 0.15) is 46.4 Å². The van der Waals surface area contributed by atoms with Gasteiger partial charge >= 0.3 is 0 Å². The summed E-state index contributed by atoms with van der Waals surface area (Å²) < 4.78 is 67.6. The van der Waals surface area contributed by atoms with Crippen LogP contribution in [0.2, 0.25) is 0 Å². The van der Waals surface area contributed by atoms with E-state index in [1.54, 1.807) is 6.07 Å². The number of hydrogen-bond donors (Lipinski definition) is 0. The number of pyridine rings is 1. The minimum atomic E-state index is -3.96. The van der Waals surface area contributed by atoms with Gasteiger partial charge in [-0.05, 0) is 37.6 Å². The van der Waals surface area contributed by atoms with E-state index in [4.69, 9.17) is 0 Å². The summed E-state index contributed by atoms with van der Waals surface area (Å²) >= 11 is 0. The minimum absolute atomic E-state index is 0.0224. The van der Waals surface area contributed by atoms with Crippen LogP contribution in [-0.2, 0) is 21.8 Å². The summed E-state index contributed by atoms with van der Waals surface area (Å²) in [6.07, 6.45) is 1.10. The van der Waals surface area contributed by atoms with E-state index < -0.39 is 21.7 Å². The van der Waals surface area contributed by atoms with E-state index in [1.807, 2.05) is 25.3 Å². The average Bonchev–Trinajstić information content (AvgIpc) is 2.99. The predicted molar refractivity (Wildman–Crippen MR) is 108 cm³/mol. The maximum Gasteiger partial charge on any atom is 0.245 e. The highest BCUT2D eigenvalue weighted by Gasteiger charge is 2.26. The summed E-state index contributed by atoms with van der Waals surface area (Å²) in [6, 6.07) is 6.57. The first kappa shape index (κ1) is 22.3. The van der Waals surface area contributed by atoms with Gasteiger partial charge in [0.1, 0.15) is 5.82 Å². The Bertz CT molecular complexity index is 1180. The molecule has 2 aromatic heterocycles. The Morgan fingerprint density at radius 3 is 2.30 bits per heavy atom. The van der Waals surface area contributed by atoms with Gasteiger partial charge in [0.25, 0.3) is 0 Å². The SMILES string of the molecule is CC(F)(F)CCCn1c(C(C)(C)C)nc2cc(S(=O)(=O)c3ccnc(F)c3)ccc21. The third-order valence-electron chi connectivity index (χ3n) is 4.71. The van der Waals surface area contributed by atoms with Gasteiger partial charge in [0.05, 0.1) is 20.8 Å². The van der Waals surface area contributed by atoms with Crippen LogP contribution < -0.4 is 0 Å². The van der Waals surface area contributed by atoms with Gasteiger partial charge in [-0.15, -0.1) is 0 Å². The molecule has 0 aliphatic carbocycles. The topological polar surface area (TPSA) is 64.8 Å². The summed E-state index contributed by atoms with van der Waals surface area (Å²) in [6.45, 7) is 7.10. The number of fused-ring (bicyclic) bond motifs is 1. The molecule has 0 amide bonds. The van der Waals surface area contributed by atoms with Gasteiger partial charge in [-0.2, -0.15) is 4.39 Å². The highest BCUT2D eigenvalue weighted by atomic mass is 32.2. The summed E-state index contributed by atoms with van der Waals surface area (Å²) in [5.41, 5.74) is 0.735. The van der Waals surface area contributed by atoms with Crippen molar-refractivity contribution in [1.29, 1.82) is 0 Å². The summed E-state index contributed by atoms with van der Waals surface area (Å²) in [5.74, 6) is -2.95. The lowest BCUT2D eigenvalue weighted by Gasteiger charge is -2.20. The van der Waals surface area contributed by atoms with Crippen molar-refractivity contribution in [2.75, 3.05) is 0 Å². The number of rotatable bonds is 6. The summed E-state index contributed by atoms with van der Waals surface area (Å²) in [7, 11) is -3.96. The average molecular weight is 440 g/mol. The molecule has 3 rings (SSSR count). The molecular formula is C21H24F3N3O2S. The molecule has 9 heteroatoms. The molecule has 0 saturated carbocycles. The highest BCUT2D eigenvalue weighted by Crippen LogP contribution is 2.30. The van der Waals surface area contributed by atoms with Crippen molar-refractivity contribution in [2.45, 2.75) is 68.2 Å². The van der Waals surface area contributed by atoms with Gasteiger partial charge < -0.3 is 4.57 Å². The number of aromatic nitrogens is 3. The number of nitrogens with zero attached hydrogens (tertiary/aromatic N) is 3. The van der Waals surface area contributed by atoms with Crippen molar-refractivity contribution in [3.63, 3.8) is 0 Å². The Morgan fingerprint density at radius 2 is 1.70 bits per heavy atom. The van der Waals surface area contributed by atoms with Crippen LogP contribution in [0.5, 0.6) is 0 Å². The van der Waals surface area contributed by atoms with Crippen LogP contribution >= 0.6 is 0 Å². The molecule has 0 bridgehead atoms. The molecule has 1 aromatic carbocycles. The number of aryl methyl sites for hydroxylation is 1. The van der Waals surface area contributed by atoms with Crippen molar-refractivity contribution in [1.82, 2.24) is 14.5 Å². The highest BCUT2D eigenvalue weighted by molar-refractivity contribution is 7.91. The number of alkyl halides is 2. The van der Waals surface area contributed by atoms with Crippen LogP contribution in [0, 0.1) is 5.95 Å². The number of hydrogen-bond acceptors (Lipinski definition) is 4. The Labute approximate surface area is 173 Å². The maximum absolute atomic E-state index is 13.4. The van der Waals surface area contributed by atoms with Crippen LogP contribution in [0.4, 0.5) is 13.2 Å². The molecule has 0 unspecified atom stereocenters. The maximum atomic E-state index is 13.4. The fourth-order valence-corrected chi connectivity index (χ4v) is 4.59. The Morgan fingerprint density at radius 1 is 1.03 bits per heavy atom. The zero-order valence-corrected chi connectivity index (χ0v) is 18.1. The van der Waals surface area contributed by atoms with Crippen LogP contribution in [-0.4, -0.2) is 28.9 Å². The van der Waals surface area contributed by atoms with Crippen LogP contribution in [0.3, 0.4) is 0 Å². The monoisotopic (exact) mass is 439 g/mol. The molecule has 0 spiro atoms. The smallest absolute Gasteiger partial charge is 0.245 e. The van der Waals surface area contributed by atoms with Gasteiger partial charge in [0.2, 0.25) is 21.7 Å². The molecule has 3 aromatic rings.